The maximum absolute atomic E-state index is 13.5. The summed E-state index contributed by atoms with van der Waals surface area (Å²) in [5.41, 5.74) is -0.427. The average Bonchev–Trinajstić information content (AvgIpc) is 2.92. The van der Waals surface area contributed by atoms with Gasteiger partial charge < -0.3 is 14.5 Å². The number of halogens is 3. The lowest BCUT2D eigenvalue weighted by atomic mass is 10.2. The van der Waals surface area contributed by atoms with Crippen LogP contribution in [0.5, 0.6) is 0 Å². The average molecular weight is 366 g/mol. The van der Waals surface area contributed by atoms with Gasteiger partial charge >= 0.3 is 6.18 Å². The molecule has 4 rings (SSSR count). The first-order valence-corrected chi connectivity index (χ1v) is 8.32. The highest BCUT2D eigenvalue weighted by atomic mass is 19.4. The van der Waals surface area contributed by atoms with Gasteiger partial charge in [-0.3, -0.25) is 4.90 Å². The molecule has 9 heteroatoms. The lowest BCUT2D eigenvalue weighted by molar-refractivity contribution is -0.604. The standard InChI is InChI=1S/C17H17F3N4O2/c18-17(19,20)16-15-13(1-3-21-16)12-2-4-23(25)11-14(12)24(15)6-5-22-7-9-26-10-8-22/h1-4,11H,5-10H2. The maximum Gasteiger partial charge on any atom is 0.435 e. The zero-order chi connectivity index (χ0) is 18.3. The van der Waals surface area contributed by atoms with Crippen molar-refractivity contribution in [3.63, 3.8) is 0 Å². The van der Waals surface area contributed by atoms with E-state index in [0.29, 0.717) is 47.3 Å². The molecule has 0 aliphatic carbocycles. The molecule has 6 nitrogen and oxygen atoms in total. The molecular weight excluding hydrogens is 349 g/mol. The first-order valence-electron chi connectivity index (χ1n) is 8.32. The van der Waals surface area contributed by atoms with Gasteiger partial charge in [0.2, 0.25) is 6.20 Å². The quantitative estimate of drug-likeness (QED) is 0.527. The predicted molar refractivity (Wildman–Crippen MR) is 88.5 cm³/mol. The molecule has 1 fully saturated rings. The van der Waals surface area contributed by atoms with Crippen LogP contribution in [0.15, 0.2) is 30.7 Å². The van der Waals surface area contributed by atoms with Crippen LogP contribution < -0.4 is 4.73 Å². The molecule has 0 radical (unpaired) electrons. The monoisotopic (exact) mass is 366 g/mol. The molecule has 1 aliphatic rings. The van der Waals surface area contributed by atoms with Gasteiger partial charge in [0, 0.05) is 49.2 Å². The third-order valence-corrected chi connectivity index (χ3v) is 4.70. The van der Waals surface area contributed by atoms with Gasteiger partial charge in [-0.1, -0.05) is 0 Å². The van der Waals surface area contributed by atoms with Crippen LogP contribution in [-0.2, 0) is 17.5 Å². The zero-order valence-corrected chi connectivity index (χ0v) is 13.9. The molecule has 0 N–H and O–H groups in total. The largest absolute Gasteiger partial charge is 0.619 e. The molecule has 1 aliphatic heterocycles. The smallest absolute Gasteiger partial charge is 0.435 e. The maximum atomic E-state index is 13.5. The summed E-state index contributed by atoms with van der Waals surface area (Å²) >= 11 is 0. The molecule has 3 aromatic heterocycles. The molecule has 0 atom stereocenters. The number of rotatable bonds is 3. The van der Waals surface area contributed by atoms with Crippen LogP contribution in [0.1, 0.15) is 5.69 Å². The molecule has 0 amide bonds. The Morgan fingerprint density at radius 1 is 1.15 bits per heavy atom. The Morgan fingerprint density at radius 3 is 2.65 bits per heavy atom. The summed E-state index contributed by atoms with van der Waals surface area (Å²) in [6.45, 7) is 3.61. The molecular formula is C17H17F3N4O2. The minimum Gasteiger partial charge on any atom is -0.619 e. The fourth-order valence-corrected chi connectivity index (χ4v) is 3.48. The van der Waals surface area contributed by atoms with Gasteiger partial charge in [0.05, 0.1) is 18.7 Å². The van der Waals surface area contributed by atoms with Gasteiger partial charge in [-0.25, -0.2) is 4.98 Å². The second-order valence-electron chi connectivity index (χ2n) is 6.26. The summed E-state index contributed by atoms with van der Waals surface area (Å²) in [4.78, 5) is 5.72. The van der Waals surface area contributed by atoms with Crippen molar-refractivity contribution >= 4 is 21.8 Å². The Balaban J connectivity index is 1.87. The molecule has 0 saturated carbocycles. The summed E-state index contributed by atoms with van der Waals surface area (Å²) in [7, 11) is 0. The normalized spacial score (nSPS) is 16.6. The number of ether oxygens (including phenoxy) is 1. The van der Waals surface area contributed by atoms with E-state index in [-0.39, 0.29) is 5.52 Å². The molecule has 1 saturated heterocycles. The van der Waals surface area contributed by atoms with Crippen LogP contribution in [0, 0.1) is 5.21 Å². The Morgan fingerprint density at radius 2 is 1.92 bits per heavy atom. The van der Waals surface area contributed by atoms with Crippen LogP contribution in [0.3, 0.4) is 0 Å². The number of hydrogen-bond acceptors (Lipinski definition) is 4. The van der Waals surface area contributed by atoms with Gasteiger partial charge in [0.1, 0.15) is 5.52 Å². The molecule has 0 spiro atoms. The van der Waals surface area contributed by atoms with Crippen molar-refractivity contribution in [2.75, 3.05) is 32.8 Å². The van der Waals surface area contributed by atoms with E-state index >= 15 is 0 Å². The van der Waals surface area contributed by atoms with Gasteiger partial charge in [-0.15, -0.1) is 0 Å². The lowest BCUT2D eigenvalue weighted by Crippen LogP contribution is -2.38. The molecule has 3 aromatic rings. The van der Waals surface area contributed by atoms with Gasteiger partial charge in [-0.2, -0.15) is 17.9 Å². The molecule has 0 unspecified atom stereocenters. The Hall–Kier alpha value is -2.39. The second-order valence-corrected chi connectivity index (χ2v) is 6.26. The van der Waals surface area contributed by atoms with Crippen LogP contribution in [0.2, 0.25) is 0 Å². The van der Waals surface area contributed by atoms with Crippen molar-refractivity contribution in [1.29, 1.82) is 0 Å². The topological polar surface area (TPSA) is 57.2 Å². The summed E-state index contributed by atoms with van der Waals surface area (Å²) < 4.78 is 48.1. The van der Waals surface area contributed by atoms with Crippen LogP contribution in [-0.4, -0.2) is 47.3 Å². The number of pyridine rings is 2. The zero-order valence-electron chi connectivity index (χ0n) is 13.9. The SMILES string of the molecule is [O-][n+]1ccc2c3ccnc(C(F)(F)F)c3n(CCN3CCOCC3)c2c1. The molecule has 4 heterocycles. The highest BCUT2D eigenvalue weighted by Gasteiger charge is 2.36. The molecule has 26 heavy (non-hydrogen) atoms. The predicted octanol–water partition coefficient (Wildman–Crippen LogP) is 2.17. The van der Waals surface area contributed by atoms with E-state index in [4.69, 9.17) is 4.74 Å². The Labute approximate surface area is 147 Å². The molecule has 0 bridgehead atoms. The summed E-state index contributed by atoms with van der Waals surface area (Å²) in [5.74, 6) is 0. The fraction of sp³-hybridized carbons (Fsp3) is 0.412. The van der Waals surface area contributed by atoms with E-state index in [1.807, 2.05) is 0 Å². The number of fused-ring (bicyclic) bond motifs is 3. The van der Waals surface area contributed by atoms with E-state index < -0.39 is 11.9 Å². The van der Waals surface area contributed by atoms with Gasteiger partial charge in [0.25, 0.3) is 0 Å². The van der Waals surface area contributed by atoms with Crippen LogP contribution in [0.4, 0.5) is 13.2 Å². The number of hydrogen-bond donors (Lipinski definition) is 0. The number of nitrogens with zero attached hydrogens (tertiary/aromatic N) is 4. The Kier molecular flexibility index (Phi) is 4.20. The summed E-state index contributed by atoms with van der Waals surface area (Å²) in [6.07, 6.45) is -0.802. The lowest BCUT2D eigenvalue weighted by Gasteiger charge is -2.27. The number of aromatic nitrogens is 3. The first-order chi connectivity index (χ1) is 12.4. The third-order valence-electron chi connectivity index (χ3n) is 4.70. The second kappa shape index (κ2) is 6.40. The highest BCUT2D eigenvalue weighted by molar-refractivity contribution is 6.08. The van der Waals surface area contributed by atoms with Crippen LogP contribution in [0.25, 0.3) is 21.8 Å². The Bertz CT molecular complexity index is 948. The van der Waals surface area contributed by atoms with E-state index in [1.165, 1.54) is 12.4 Å². The van der Waals surface area contributed by atoms with Crippen molar-refractivity contribution in [1.82, 2.24) is 14.5 Å². The minimum absolute atomic E-state index is 0.0226. The van der Waals surface area contributed by atoms with Crippen molar-refractivity contribution in [3.8, 4) is 0 Å². The number of alkyl halides is 3. The van der Waals surface area contributed by atoms with Gasteiger partial charge in [-0.05, 0) is 6.07 Å². The van der Waals surface area contributed by atoms with Gasteiger partial charge in [0.15, 0.2) is 11.9 Å². The van der Waals surface area contributed by atoms with Crippen molar-refractivity contribution in [2.45, 2.75) is 12.7 Å². The van der Waals surface area contributed by atoms with Crippen molar-refractivity contribution < 1.29 is 22.6 Å². The molecule has 138 valence electrons. The minimum atomic E-state index is -4.57. The summed E-state index contributed by atoms with van der Waals surface area (Å²) in [5, 5.41) is 12.8. The third kappa shape index (κ3) is 2.97. The summed E-state index contributed by atoms with van der Waals surface area (Å²) in [6, 6.07) is 3.11. The fourth-order valence-electron chi connectivity index (χ4n) is 3.48. The van der Waals surface area contributed by atoms with E-state index in [2.05, 4.69) is 9.88 Å². The van der Waals surface area contributed by atoms with E-state index in [9.17, 15) is 18.4 Å². The van der Waals surface area contributed by atoms with Crippen molar-refractivity contribution in [2.24, 2.45) is 0 Å². The van der Waals surface area contributed by atoms with E-state index in [1.54, 1.807) is 16.7 Å². The van der Waals surface area contributed by atoms with E-state index in [0.717, 1.165) is 19.3 Å². The number of morpholine rings is 1. The molecule has 0 aromatic carbocycles. The van der Waals surface area contributed by atoms with Crippen molar-refractivity contribution in [3.05, 3.63) is 41.6 Å². The first kappa shape index (κ1) is 17.0. The van der Waals surface area contributed by atoms with Crippen LogP contribution >= 0.6 is 0 Å². The highest BCUT2D eigenvalue weighted by Crippen LogP contribution is 2.37.